The third-order valence-electron chi connectivity index (χ3n) is 8.60. The molecule has 2 aliphatic carbocycles. The number of urea groups is 1. The minimum atomic E-state index is -2.35. The molecule has 0 radical (unpaired) electrons. The molecule has 2 atom stereocenters. The van der Waals surface area contributed by atoms with Crippen LogP contribution in [0.25, 0.3) is 0 Å². The number of nitrogens with one attached hydrogen (secondary N) is 1. The summed E-state index contributed by atoms with van der Waals surface area (Å²) in [6.45, 7) is 3.17. The molecule has 0 bridgehead atoms. The SMILES string of the molecule is O=C1NC[C@H]2CCCC[C@@H]2N1C1CCN(C2CCC(CCCCOCC(F)F)CC2)CC1. The molecular formula is C25H43F2N3O2. The third kappa shape index (κ3) is 6.34. The van der Waals surface area contributed by atoms with E-state index in [0.717, 1.165) is 51.2 Å². The summed E-state index contributed by atoms with van der Waals surface area (Å²) in [7, 11) is 0. The molecule has 0 unspecified atom stereocenters. The monoisotopic (exact) mass is 455 g/mol. The van der Waals surface area contributed by atoms with Crippen molar-refractivity contribution in [1.29, 1.82) is 0 Å². The van der Waals surface area contributed by atoms with Crippen molar-refractivity contribution in [2.45, 2.75) is 108 Å². The van der Waals surface area contributed by atoms with Gasteiger partial charge in [0.15, 0.2) is 0 Å². The number of unbranched alkanes of at least 4 members (excludes halogenated alkanes) is 1. The van der Waals surface area contributed by atoms with Crippen molar-refractivity contribution in [2.24, 2.45) is 11.8 Å². The lowest BCUT2D eigenvalue weighted by Crippen LogP contribution is -2.63. The smallest absolute Gasteiger partial charge is 0.317 e. The minimum Gasteiger partial charge on any atom is -0.376 e. The highest BCUT2D eigenvalue weighted by molar-refractivity contribution is 5.76. The summed E-state index contributed by atoms with van der Waals surface area (Å²) < 4.78 is 29.1. The van der Waals surface area contributed by atoms with E-state index < -0.39 is 13.0 Å². The van der Waals surface area contributed by atoms with Gasteiger partial charge in [-0.25, -0.2) is 13.6 Å². The second kappa shape index (κ2) is 12.0. The van der Waals surface area contributed by atoms with Crippen LogP contribution >= 0.6 is 0 Å². The van der Waals surface area contributed by atoms with Crippen molar-refractivity contribution >= 4 is 6.03 Å². The van der Waals surface area contributed by atoms with E-state index in [-0.39, 0.29) is 6.03 Å². The quantitative estimate of drug-likeness (QED) is 0.495. The van der Waals surface area contributed by atoms with Gasteiger partial charge in [-0.15, -0.1) is 0 Å². The fourth-order valence-corrected chi connectivity index (χ4v) is 6.83. The number of fused-ring (bicyclic) bond motifs is 1. The molecule has 0 aromatic heterocycles. The molecule has 4 rings (SSSR count). The second-order valence-electron chi connectivity index (χ2n) is 10.6. The van der Waals surface area contributed by atoms with Crippen LogP contribution in [0.4, 0.5) is 13.6 Å². The number of halogens is 2. The van der Waals surface area contributed by atoms with Gasteiger partial charge >= 0.3 is 6.03 Å². The maximum absolute atomic E-state index is 12.7. The molecule has 0 spiro atoms. The number of hydrogen-bond donors (Lipinski definition) is 1. The molecule has 7 heteroatoms. The predicted molar refractivity (Wildman–Crippen MR) is 122 cm³/mol. The van der Waals surface area contributed by atoms with Crippen molar-refractivity contribution in [3.8, 4) is 0 Å². The minimum absolute atomic E-state index is 0.187. The van der Waals surface area contributed by atoms with Crippen molar-refractivity contribution in [3.63, 3.8) is 0 Å². The number of rotatable bonds is 9. The number of alkyl halides is 2. The highest BCUT2D eigenvalue weighted by atomic mass is 19.3. The van der Waals surface area contributed by atoms with Crippen LogP contribution in [0.2, 0.25) is 0 Å². The normalized spacial score (nSPS) is 32.7. The molecule has 2 amide bonds. The van der Waals surface area contributed by atoms with Crippen molar-refractivity contribution < 1.29 is 18.3 Å². The van der Waals surface area contributed by atoms with Gasteiger partial charge in [-0.1, -0.05) is 25.7 Å². The summed E-state index contributed by atoms with van der Waals surface area (Å²) in [4.78, 5) is 17.7. The topological polar surface area (TPSA) is 44.8 Å². The Bertz CT molecular complexity index is 578. The maximum Gasteiger partial charge on any atom is 0.317 e. The van der Waals surface area contributed by atoms with Crippen LogP contribution in [0.5, 0.6) is 0 Å². The molecule has 2 saturated heterocycles. The molecule has 2 heterocycles. The lowest BCUT2D eigenvalue weighted by Gasteiger charge is -2.50. The van der Waals surface area contributed by atoms with Gasteiger partial charge < -0.3 is 19.9 Å². The zero-order chi connectivity index (χ0) is 22.3. The van der Waals surface area contributed by atoms with E-state index in [1.54, 1.807) is 0 Å². The molecule has 2 saturated carbocycles. The van der Waals surface area contributed by atoms with Crippen molar-refractivity contribution in [1.82, 2.24) is 15.1 Å². The zero-order valence-corrected chi connectivity index (χ0v) is 19.7. The largest absolute Gasteiger partial charge is 0.376 e. The summed E-state index contributed by atoms with van der Waals surface area (Å²) >= 11 is 0. The Morgan fingerprint density at radius 1 is 0.938 bits per heavy atom. The number of hydrogen-bond acceptors (Lipinski definition) is 3. The zero-order valence-electron chi connectivity index (χ0n) is 19.7. The van der Waals surface area contributed by atoms with Gasteiger partial charge in [-0.3, -0.25) is 0 Å². The van der Waals surface area contributed by atoms with E-state index in [1.165, 1.54) is 57.8 Å². The molecule has 0 aromatic carbocycles. The maximum atomic E-state index is 12.7. The van der Waals surface area contributed by atoms with Crippen LogP contribution in [0, 0.1) is 11.8 Å². The first-order chi connectivity index (χ1) is 15.6. The number of piperidine rings is 1. The Morgan fingerprint density at radius 3 is 2.44 bits per heavy atom. The van der Waals surface area contributed by atoms with E-state index in [1.807, 2.05) is 0 Å². The molecule has 2 aliphatic heterocycles. The van der Waals surface area contributed by atoms with Crippen LogP contribution in [-0.2, 0) is 4.74 Å². The average Bonchev–Trinajstić information content (AvgIpc) is 2.82. The first kappa shape index (κ1) is 24.2. The Morgan fingerprint density at radius 2 is 1.69 bits per heavy atom. The summed E-state index contributed by atoms with van der Waals surface area (Å²) in [6.07, 6.45) is 13.3. The first-order valence-corrected chi connectivity index (χ1v) is 13.3. The highest BCUT2D eigenvalue weighted by Gasteiger charge is 2.41. The van der Waals surface area contributed by atoms with Gasteiger partial charge in [0.05, 0.1) is 0 Å². The number of carbonyl (C=O) groups excluding carboxylic acids is 1. The number of nitrogens with zero attached hydrogens (tertiary/aromatic N) is 2. The molecule has 0 aromatic rings. The van der Waals surface area contributed by atoms with E-state index in [2.05, 4.69) is 15.1 Å². The molecule has 4 aliphatic rings. The Kier molecular flexibility index (Phi) is 9.04. The van der Waals surface area contributed by atoms with Gasteiger partial charge in [0.2, 0.25) is 0 Å². The summed E-state index contributed by atoms with van der Waals surface area (Å²) in [6, 6.07) is 1.79. The van der Waals surface area contributed by atoms with Gasteiger partial charge in [0.1, 0.15) is 6.61 Å². The lowest BCUT2D eigenvalue weighted by molar-refractivity contribution is 0.0154. The predicted octanol–water partition coefficient (Wildman–Crippen LogP) is 5.05. The molecule has 5 nitrogen and oxygen atoms in total. The van der Waals surface area contributed by atoms with Crippen LogP contribution in [0.1, 0.15) is 83.5 Å². The summed E-state index contributed by atoms with van der Waals surface area (Å²) in [5.41, 5.74) is 0. The fourth-order valence-electron chi connectivity index (χ4n) is 6.83. The number of carbonyl (C=O) groups is 1. The Balaban J connectivity index is 1.14. The van der Waals surface area contributed by atoms with Crippen LogP contribution < -0.4 is 5.32 Å². The highest BCUT2D eigenvalue weighted by Crippen LogP contribution is 2.36. The van der Waals surface area contributed by atoms with Crippen LogP contribution in [-0.4, -0.2) is 73.2 Å². The molecule has 184 valence electrons. The molecule has 32 heavy (non-hydrogen) atoms. The Hall–Kier alpha value is -0.950. The van der Waals surface area contributed by atoms with Crippen molar-refractivity contribution in [3.05, 3.63) is 0 Å². The van der Waals surface area contributed by atoms with E-state index >= 15 is 0 Å². The number of likely N-dealkylation sites (tertiary alicyclic amines) is 1. The fraction of sp³-hybridized carbons (Fsp3) is 0.960. The van der Waals surface area contributed by atoms with E-state index in [9.17, 15) is 13.6 Å². The summed E-state index contributed by atoms with van der Waals surface area (Å²) in [5, 5.41) is 3.17. The number of ether oxygens (including phenoxy) is 1. The van der Waals surface area contributed by atoms with Crippen LogP contribution in [0.15, 0.2) is 0 Å². The number of amides is 2. The third-order valence-corrected chi connectivity index (χ3v) is 8.60. The van der Waals surface area contributed by atoms with Crippen LogP contribution in [0.3, 0.4) is 0 Å². The molecular weight excluding hydrogens is 412 g/mol. The molecule has 4 fully saturated rings. The Labute approximate surface area is 192 Å². The van der Waals surface area contributed by atoms with Gasteiger partial charge in [-0.2, -0.15) is 0 Å². The molecule has 1 N–H and O–H groups in total. The first-order valence-electron chi connectivity index (χ1n) is 13.3. The van der Waals surface area contributed by atoms with E-state index in [4.69, 9.17) is 4.74 Å². The van der Waals surface area contributed by atoms with Gasteiger partial charge in [0, 0.05) is 44.4 Å². The standard InChI is InChI=1S/C25H43F2N3O2/c26-24(27)18-32-16-4-3-5-19-8-10-21(11-9-19)29-14-12-22(13-15-29)30-23-7-2-1-6-20(23)17-28-25(30)31/h19-24H,1-18H2,(H,28,31)/t19?,20-,21?,23+/m1/s1. The van der Waals surface area contributed by atoms with Gasteiger partial charge in [-0.05, 0) is 69.6 Å². The van der Waals surface area contributed by atoms with Gasteiger partial charge in [0.25, 0.3) is 6.43 Å². The van der Waals surface area contributed by atoms with E-state index in [0.29, 0.717) is 30.7 Å². The second-order valence-corrected chi connectivity index (χ2v) is 10.6. The average molecular weight is 456 g/mol. The van der Waals surface area contributed by atoms with Crippen molar-refractivity contribution in [2.75, 3.05) is 32.8 Å². The summed E-state index contributed by atoms with van der Waals surface area (Å²) in [5.74, 6) is 1.45. The lowest BCUT2D eigenvalue weighted by atomic mass is 9.80.